The lowest BCUT2D eigenvalue weighted by molar-refractivity contribution is 0.343. The quantitative estimate of drug-likeness (QED) is 0.862. The van der Waals surface area contributed by atoms with E-state index in [-0.39, 0.29) is 0 Å². The van der Waals surface area contributed by atoms with Crippen LogP contribution in [-0.2, 0) is 0 Å². The Morgan fingerprint density at radius 1 is 1.38 bits per heavy atom. The van der Waals surface area contributed by atoms with Crippen LogP contribution in [0, 0.1) is 5.92 Å². The molecule has 0 radical (unpaired) electrons. The Kier molecular flexibility index (Phi) is 5.94. The van der Waals surface area contributed by atoms with E-state index in [1.165, 1.54) is 12.1 Å². The number of halogens is 1. The van der Waals surface area contributed by atoms with Crippen molar-refractivity contribution in [2.75, 3.05) is 25.1 Å². The van der Waals surface area contributed by atoms with Crippen LogP contribution in [0.4, 0.5) is 5.69 Å². The van der Waals surface area contributed by atoms with E-state index in [1.54, 1.807) is 7.11 Å². The number of anilines is 1. The van der Waals surface area contributed by atoms with E-state index in [0.29, 0.717) is 12.1 Å². The average Bonchev–Trinajstić information content (AvgIpc) is 2.45. The van der Waals surface area contributed by atoms with Gasteiger partial charge in [-0.2, -0.15) is 0 Å². The number of nitrogens with one attached hydrogen (secondary N) is 1. The summed E-state index contributed by atoms with van der Waals surface area (Å²) in [5.74, 6) is 1.63. The number of piperazine rings is 1. The van der Waals surface area contributed by atoms with Gasteiger partial charge in [0, 0.05) is 41.4 Å². The SMILES string of the molecule is CCC1CNC(CC(C)C)CN1c1cc(Br)cc(OC)c1. The molecule has 1 fully saturated rings. The summed E-state index contributed by atoms with van der Waals surface area (Å²) in [6, 6.07) is 7.47. The fraction of sp³-hybridized carbons (Fsp3) is 0.647. The van der Waals surface area contributed by atoms with Gasteiger partial charge in [0.25, 0.3) is 0 Å². The Bertz CT molecular complexity index is 464. The topological polar surface area (TPSA) is 24.5 Å². The molecule has 2 atom stereocenters. The first-order chi connectivity index (χ1) is 10.0. The predicted molar refractivity (Wildman–Crippen MR) is 93.4 cm³/mol. The fourth-order valence-corrected chi connectivity index (χ4v) is 3.56. The summed E-state index contributed by atoms with van der Waals surface area (Å²) in [6.07, 6.45) is 2.37. The molecule has 4 heteroatoms. The maximum atomic E-state index is 5.41. The third-order valence-electron chi connectivity index (χ3n) is 4.15. The molecular formula is C17H27BrN2O. The molecule has 0 aromatic heterocycles. The third kappa shape index (κ3) is 4.36. The summed E-state index contributed by atoms with van der Waals surface area (Å²) in [7, 11) is 1.72. The maximum Gasteiger partial charge on any atom is 0.122 e. The molecule has 0 saturated carbocycles. The number of hydrogen-bond donors (Lipinski definition) is 1. The molecule has 1 N–H and O–H groups in total. The maximum absolute atomic E-state index is 5.41. The summed E-state index contributed by atoms with van der Waals surface area (Å²) in [5.41, 5.74) is 1.25. The number of hydrogen-bond acceptors (Lipinski definition) is 3. The first kappa shape index (κ1) is 16.6. The van der Waals surface area contributed by atoms with Crippen LogP contribution >= 0.6 is 15.9 Å². The predicted octanol–water partition coefficient (Wildman–Crippen LogP) is 4.06. The largest absolute Gasteiger partial charge is 0.497 e. The molecule has 2 unspecified atom stereocenters. The highest BCUT2D eigenvalue weighted by Crippen LogP contribution is 2.30. The lowest BCUT2D eigenvalue weighted by Gasteiger charge is -2.42. The molecule has 1 heterocycles. The molecular weight excluding hydrogens is 328 g/mol. The van der Waals surface area contributed by atoms with Crippen LogP contribution in [0.2, 0.25) is 0 Å². The second-order valence-corrected chi connectivity index (χ2v) is 7.21. The molecule has 1 aromatic rings. The summed E-state index contributed by atoms with van der Waals surface area (Å²) in [6.45, 7) is 8.97. The monoisotopic (exact) mass is 354 g/mol. The molecule has 118 valence electrons. The van der Waals surface area contributed by atoms with Gasteiger partial charge < -0.3 is 15.0 Å². The van der Waals surface area contributed by atoms with Gasteiger partial charge in [-0.3, -0.25) is 0 Å². The first-order valence-electron chi connectivity index (χ1n) is 7.88. The number of methoxy groups -OCH3 is 1. The molecule has 1 aliphatic heterocycles. The van der Waals surface area contributed by atoms with Crippen molar-refractivity contribution in [3.05, 3.63) is 22.7 Å². The number of benzene rings is 1. The van der Waals surface area contributed by atoms with Crippen LogP contribution in [-0.4, -0.2) is 32.3 Å². The van der Waals surface area contributed by atoms with E-state index >= 15 is 0 Å². The van der Waals surface area contributed by atoms with E-state index in [0.717, 1.165) is 35.7 Å². The lowest BCUT2D eigenvalue weighted by atomic mass is 9.98. The Hall–Kier alpha value is -0.740. The van der Waals surface area contributed by atoms with Gasteiger partial charge in [0.05, 0.1) is 7.11 Å². The smallest absolute Gasteiger partial charge is 0.122 e. The summed E-state index contributed by atoms with van der Waals surface area (Å²) >= 11 is 3.60. The highest BCUT2D eigenvalue weighted by Gasteiger charge is 2.27. The van der Waals surface area contributed by atoms with Crippen molar-refractivity contribution < 1.29 is 4.74 Å². The molecule has 2 rings (SSSR count). The highest BCUT2D eigenvalue weighted by molar-refractivity contribution is 9.10. The van der Waals surface area contributed by atoms with Crippen LogP contribution in [0.3, 0.4) is 0 Å². The van der Waals surface area contributed by atoms with Crippen molar-refractivity contribution >= 4 is 21.6 Å². The zero-order chi connectivity index (χ0) is 15.4. The summed E-state index contributed by atoms with van der Waals surface area (Å²) in [4.78, 5) is 2.54. The van der Waals surface area contributed by atoms with Crippen LogP contribution in [0.15, 0.2) is 22.7 Å². The van der Waals surface area contributed by atoms with Crippen molar-refractivity contribution in [2.24, 2.45) is 5.92 Å². The molecule has 0 aliphatic carbocycles. The van der Waals surface area contributed by atoms with Gasteiger partial charge in [0.1, 0.15) is 5.75 Å². The molecule has 1 saturated heterocycles. The minimum atomic E-state index is 0.549. The van der Waals surface area contributed by atoms with Crippen LogP contribution in [0.5, 0.6) is 5.75 Å². The third-order valence-corrected chi connectivity index (χ3v) is 4.61. The van der Waals surface area contributed by atoms with Gasteiger partial charge in [-0.15, -0.1) is 0 Å². The van der Waals surface area contributed by atoms with E-state index in [4.69, 9.17) is 4.74 Å². The Morgan fingerprint density at radius 2 is 2.14 bits per heavy atom. The van der Waals surface area contributed by atoms with Crippen LogP contribution in [0.25, 0.3) is 0 Å². The molecule has 0 amide bonds. The number of nitrogens with zero attached hydrogens (tertiary/aromatic N) is 1. The Morgan fingerprint density at radius 3 is 2.76 bits per heavy atom. The van der Waals surface area contributed by atoms with Gasteiger partial charge in [0.2, 0.25) is 0 Å². The zero-order valence-corrected chi connectivity index (χ0v) is 15.1. The zero-order valence-electron chi connectivity index (χ0n) is 13.5. The molecule has 1 aromatic carbocycles. The summed E-state index contributed by atoms with van der Waals surface area (Å²) < 4.78 is 6.49. The van der Waals surface area contributed by atoms with Gasteiger partial charge >= 0.3 is 0 Å². The molecule has 0 bridgehead atoms. The van der Waals surface area contributed by atoms with Crippen molar-refractivity contribution in [1.82, 2.24) is 5.32 Å². The number of rotatable bonds is 5. The van der Waals surface area contributed by atoms with E-state index < -0.39 is 0 Å². The average molecular weight is 355 g/mol. The van der Waals surface area contributed by atoms with Crippen LogP contribution in [0.1, 0.15) is 33.6 Å². The molecule has 0 spiro atoms. The number of ether oxygens (including phenoxy) is 1. The van der Waals surface area contributed by atoms with Crippen molar-refractivity contribution in [3.8, 4) is 5.75 Å². The van der Waals surface area contributed by atoms with Gasteiger partial charge in [0.15, 0.2) is 0 Å². The van der Waals surface area contributed by atoms with Gasteiger partial charge in [-0.05, 0) is 30.9 Å². The second-order valence-electron chi connectivity index (χ2n) is 6.30. The Labute approximate surface area is 137 Å². The summed E-state index contributed by atoms with van der Waals surface area (Å²) in [5, 5.41) is 3.71. The molecule has 21 heavy (non-hydrogen) atoms. The van der Waals surface area contributed by atoms with Gasteiger partial charge in [-0.1, -0.05) is 36.7 Å². The van der Waals surface area contributed by atoms with Crippen LogP contribution < -0.4 is 15.0 Å². The molecule has 1 aliphatic rings. The Balaban J connectivity index is 2.22. The minimum Gasteiger partial charge on any atom is -0.497 e. The standard InChI is InChI=1S/C17H27BrN2O/c1-5-15-10-19-14(6-12(2)3)11-20(15)16-7-13(18)8-17(9-16)21-4/h7-9,12,14-15,19H,5-6,10-11H2,1-4H3. The lowest BCUT2D eigenvalue weighted by Crippen LogP contribution is -2.56. The van der Waals surface area contributed by atoms with Crippen molar-refractivity contribution in [1.29, 1.82) is 0 Å². The van der Waals surface area contributed by atoms with E-state index in [9.17, 15) is 0 Å². The minimum absolute atomic E-state index is 0.549. The first-order valence-corrected chi connectivity index (χ1v) is 8.67. The van der Waals surface area contributed by atoms with E-state index in [1.807, 2.05) is 6.07 Å². The van der Waals surface area contributed by atoms with E-state index in [2.05, 4.69) is 59.1 Å². The van der Waals surface area contributed by atoms with Crippen molar-refractivity contribution in [2.45, 2.75) is 45.7 Å². The molecule has 3 nitrogen and oxygen atoms in total. The normalized spacial score (nSPS) is 22.7. The highest BCUT2D eigenvalue weighted by atomic mass is 79.9. The second kappa shape index (κ2) is 7.50. The fourth-order valence-electron chi connectivity index (χ4n) is 3.10. The van der Waals surface area contributed by atoms with Crippen molar-refractivity contribution in [3.63, 3.8) is 0 Å². The van der Waals surface area contributed by atoms with Gasteiger partial charge in [-0.25, -0.2) is 0 Å².